The minimum Gasteiger partial charge on any atom is -0.294 e. The van der Waals surface area contributed by atoms with Gasteiger partial charge in [0.25, 0.3) is 0 Å². The SMILES string of the molecule is Cc1ccc(C(=O)CCc2ccccc2)cn1. The highest BCUT2D eigenvalue weighted by atomic mass is 16.1. The minimum atomic E-state index is 0.154. The van der Waals surface area contributed by atoms with Crippen LogP contribution in [0.3, 0.4) is 0 Å². The number of benzene rings is 1. The number of rotatable bonds is 4. The van der Waals surface area contributed by atoms with Crippen LogP contribution in [0.1, 0.15) is 28.0 Å². The zero-order valence-electron chi connectivity index (χ0n) is 9.89. The van der Waals surface area contributed by atoms with E-state index in [1.165, 1.54) is 5.56 Å². The molecule has 0 fully saturated rings. The molecule has 2 aromatic rings. The lowest BCUT2D eigenvalue weighted by Crippen LogP contribution is -2.02. The lowest BCUT2D eigenvalue weighted by atomic mass is 10.0. The van der Waals surface area contributed by atoms with Crippen LogP contribution in [0.2, 0.25) is 0 Å². The largest absolute Gasteiger partial charge is 0.294 e. The van der Waals surface area contributed by atoms with Crippen molar-refractivity contribution < 1.29 is 4.79 Å². The number of ketones is 1. The second-order valence-corrected chi connectivity index (χ2v) is 4.10. The maximum atomic E-state index is 11.9. The summed E-state index contributed by atoms with van der Waals surface area (Å²) in [5.74, 6) is 0.154. The Hall–Kier alpha value is -1.96. The van der Waals surface area contributed by atoms with Gasteiger partial charge in [0.15, 0.2) is 5.78 Å². The van der Waals surface area contributed by atoms with Crippen LogP contribution in [0.4, 0.5) is 0 Å². The molecule has 0 amide bonds. The molecule has 0 atom stereocenters. The van der Waals surface area contributed by atoms with Gasteiger partial charge in [-0.1, -0.05) is 30.3 Å². The Labute approximate surface area is 101 Å². The molecule has 0 aliphatic carbocycles. The number of Topliss-reactive ketones (excluding diaryl/α,β-unsaturated/α-hetero) is 1. The molecule has 2 rings (SSSR count). The van der Waals surface area contributed by atoms with Gasteiger partial charge in [-0.2, -0.15) is 0 Å². The van der Waals surface area contributed by atoms with E-state index in [1.807, 2.05) is 49.4 Å². The van der Waals surface area contributed by atoms with Crippen molar-refractivity contribution in [1.29, 1.82) is 0 Å². The van der Waals surface area contributed by atoms with E-state index >= 15 is 0 Å². The molecule has 2 heteroatoms. The number of carbonyl (C=O) groups excluding carboxylic acids is 1. The third-order valence-corrected chi connectivity index (χ3v) is 2.72. The number of aryl methyl sites for hydroxylation is 2. The fraction of sp³-hybridized carbons (Fsp3) is 0.200. The van der Waals surface area contributed by atoms with Gasteiger partial charge < -0.3 is 0 Å². The summed E-state index contributed by atoms with van der Waals surface area (Å²) >= 11 is 0. The molecule has 0 radical (unpaired) electrons. The maximum absolute atomic E-state index is 11.9. The van der Waals surface area contributed by atoms with Crippen LogP contribution in [0.5, 0.6) is 0 Å². The second-order valence-electron chi connectivity index (χ2n) is 4.10. The van der Waals surface area contributed by atoms with Crippen LogP contribution in [0.15, 0.2) is 48.7 Å². The first-order chi connectivity index (χ1) is 8.25. The summed E-state index contributed by atoms with van der Waals surface area (Å²) in [4.78, 5) is 16.0. The fourth-order valence-corrected chi connectivity index (χ4v) is 1.68. The monoisotopic (exact) mass is 225 g/mol. The third-order valence-electron chi connectivity index (χ3n) is 2.72. The average molecular weight is 225 g/mol. The van der Waals surface area contributed by atoms with Crippen LogP contribution in [0, 0.1) is 6.92 Å². The van der Waals surface area contributed by atoms with Crippen LogP contribution in [-0.4, -0.2) is 10.8 Å². The zero-order chi connectivity index (χ0) is 12.1. The molecule has 1 aromatic heterocycles. The molecule has 0 saturated carbocycles. The summed E-state index contributed by atoms with van der Waals surface area (Å²) in [7, 11) is 0. The molecule has 0 aliphatic heterocycles. The van der Waals surface area contributed by atoms with Crippen molar-refractivity contribution in [1.82, 2.24) is 4.98 Å². The Morgan fingerprint density at radius 2 is 1.88 bits per heavy atom. The predicted octanol–water partition coefficient (Wildman–Crippen LogP) is 3.21. The minimum absolute atomic E-state index is 0.154. The first-order valence-corrected chi connectivity index (χ1v) is 5.75. The number of hydrogen-bond acceptors (Lipinski definition) is 2. The van der Waals surface area contributed by atoms with Crippen LogP contribution in [-0.2, 0) is 6.42 Å². The summed E-state index contributed by atoms with van der Waals surface area (Å²) in [6.45, 7) is 1.91. The molecule has 0 N–H and O–H groups in total. The van der Waals surface area contributed by atoms with Gasteiger partial charge in [0.1, 0.15) is 0 Å². The number of carbonyl (C=O) groups is 1. The average Bonchev–Trinajstić information content (AvgIpc) is 2.38. The molecule has 1 heterocycles. The van der Waals surface area contributed by atoms with Crippen molar-refractivity contribution >= 4 is 5.78 Å². The molecular formula is C15H15NO. The zero-order valence-corrected chi connectivity index (χ0v) is 9.89. The van der Waals surface area contributed by atoms with E-state index in [4.69, 9.17) is 0 Å². The topological polar surface area (TPSA) is 30.0 Å². The van der Waals surface area contributed by atoms with Gasteiger partial charge in [0.05, 0.1) is 0 Å². The van der Waals surface area contributed by atoms with Crippen molar-refractivity contribution in [2.45, 2.75) is 19.8 Å². The lowest BCUT2D eigenvalue weighted by molar-refractivity contribution is 0.0982. The van der Waals surface area contributed by atoms with Crippen molar-refractivity contribution in [3.63, 3.8) is 0 Å². The normalized spacial score (nSPS) is 10.2. The molecule has 0 bridgehead atoms. The van der Waals surface area contributed by atoms with Gasteiger partial charge in [-0.25, -0.2) is 0 Å². The predicted molar refractivity (Wildman–Crippen MR) is 68.1 cm³/mol. The Bertz CT molecular complexity index is 488. The summed E-state index contributed by atoms with van der Waals surface area (Å²) in [6, 6.07) is 13.8. The molecule has 0 unspecified atom stereocenters. The Kier molecular flexibility index (Phi) is 3.66. The van der Waals surface area contributed by atoms with E-state index in [2.05, 4.69) is 4.98 Å². The van der Waals surface area contributed by atoms with Gasteiger partial charge >= 0.3 is 0 Å². The highest BCUT2D eigenvalue weighted by molar-refractivity contribution is 5.95. The van der Waals surface area contributed by atoms with Gasteiger partial charge in [-0.15, -0.1) is 0 Å². The number of aromatic nitrogens is 1. The first kappa shape index (κ1) is 11.5. The summed E-state index contributed by atoms with van der Waals surface area (Å²) in [5.41, 5.74) is 2.83. The van der Waals surface area contributed by atoms with Crippen LogP contribution >= 0.6 is 0 Å². The van der Waals surface area contributed by atoms with Crippen molar-refractivity contribution in [2.24, 2.45) is 0 Å². The standard InChI is InChI=1S/C15H15NO/c1-12-7-9-14(11-16-12)15(17)10-8-13-5-3-2-4-6-13/h2-7,9,11H,8,10H2,1H3. The van der Waals surface area contributed by atoms with E-state index in [-0.39, 0.29) is 5.78 Å². The number of nitrogens with zero attached hydrogens (tertiary/aromatic N) is 1. The van der Waals surface area contributed by atoms with Crippen molar-refractivity contribution in [2.75, 3.05) is 0 Å². The molecule has 0 aliphatic rings. The van der Waals surface area contributed by atoms with E-state index in [9.17, 15) is 4.79 Å². The summed E-state index contributed by atoms with van der Waals surface area (Å²) in [5, 5.41) is 0. The van der Waals surface area contributed by atoms with E-state index in [0.29, 0.717) is 12.0 Å². The molecule has 2 nitrogen and oxygen atoms in total. The molecule has 1 aromatic carbocycles. The summed E-state index contributed by atoms with van der Waals surface area (Å²) in [6.07, 6.45) is 2.98. The summed E-state index contributed by atoms with van der Waals surface area (Å²) < 4.78 is 0. The Morgan fingerprint density at radius 3 is 2.53 bits per heavy atom. The van der Waals surface area contributed by atoms with Crippen molar-refractivity contribution in [3.8, 4) is 0 Å². The van der Waals surface area contributed by atoms with Gasteiger partial charge in [-0.05, 0) is 31.0 Å². The van der Waals surface area contributed by atoms with Gasteiger partial charge in [-0.3, -0.25) is 9.78 Å². The lowest BCUT2D eigenvalue weighted by Gasteiger charge is -2.01. The maximum Gasteiger partial charge on any atom is 0.164 e. The highest BCUT2D eigenvalue weighted by Gasteiger charge is 2.05. The molecule has 86 valence electrons. The molecular weight excluding hydrogens is 210 g/mol. The molecule has 0 saturated heterocycles. The van der Waals surface area contributed by atoms with Crippen molar-refractivity contribution in [3.05, 3.63) is 65.5 Å². The first-order valence-electron chi connectivity index (χ1n) is 5.75. The number of pyridine rings is 1. The van der Waals surface area contributed by atoms with Gasteiger partial charge in [0.2, 0.25) is 0 Å². The van der Waals surface area contributed by atoms with E-state index < -0.39 is 0 Å². The van der Waals surface area contributed by atoms with Gasteiger partial charge in [0, 0.05) is 23.9 Å². The Balaban J connectivity index is 1.96. The third kappa shape index (κ3) is 3.25. The second kappa shape index (κ2) is 5.39. The quantitative estimate of drug-likeness (QED) is 0.748. The van der Waals surface area contributed by atoms with Crippen LogP contribution < -0.4 is 0 Å². The Morgan fingerprint density at radius 1 is 1.12 bits per heavy atom. The highest BCUT2D eigenvalue weighted by Crippen LogP contribution is 2.08. The fourth-order valence-electron chi connectivity index (χ4n) is 1.68. The van der Waals surface area contributed by atoms with Crippen LogP contribution in [0.25, 0.3) is 0 Å². The number of hydrogen-bond donors (Lipinski definition) is 0. The van der Waals surface area contributed by atoms with E-state index in [1.54, 1.807) is 6.20 Å². The molecule has 17 heavy (non-hydrogen) atoms. The smallest absolute Gasteiger partial charge is 0.164 e. The molecule has 0 spiro atoms. The van der Waals surface area contributed by atoms with E-state index in [0.717, 1.165) is 12.1 Å².